The van der Waals surface area contributed by atoms with Gasteiger partial charge in [0.15, 0.2) is 0 Å². The van der Waals surface area contributed by atoms with Gasteiger partial charge in [0.2, 0.25) is 0 Å². The van der Waals surface area contributed by atoms with Crippen molar-refractivity contribution < 1.29 is 0 Å². The topological polar surface area (TPSA) is 26.0 Å². The summed E-state index contributed by atoms with van der Waals surface area (Å²) in [5, 5.41) is 0. The molecule has 2 aliphatic carbocycles. The Morgan fingerprint density at radius 1 is 0.947 bits per heavy atom. The van der Waals surface area contributed by atoms with Gasteiger partial charge in [-0.3, -0.25) is 0 Å². The molecule has 2 aliphatic rings. The van der Waals surface area contributed by atoms with E-state index >= 15 is 0 Å². The molecule has 0 spiro atoms. The first-order valence-electron chi connectivity index (χ1n) is 8.77. The molecule has 0 heterocycles. The van der Waals surface area contributed by atoms with Crippen LogP contribution in [0.5, 0.6) is 0 Å². The van der Waals surface area contributed by atoms with E-state index in [0.717, 1.165) is 11.8 Å². The van der Waals surface area contributed by atoms with E-state index in [1.807, 2.05) is 0 Å². The van der Waals surface area contributed by atoms with Crippen molar-refractivity contribution in [2.24, 2.45) is 23.0 Å². The Morgan fingerprint density at radius 3 is 1.95 bits per heavy atom. The molecule has 112 valence electrons. The summed E-state index contributed by atoms with van der Waals surface area (Å²) in [5.74, 6) is 1.72. The molecule has 1 nitrogen and oxygen atoms in total. The summed E-state index contributed by atoms with van der Waals surface area (Å²) >= 11 is 0. The van der Waals surface area contributed by atoms with Crippen molar-refractivity contribution in [3.05, 3.63) is 0 Å². The zero-order valence-corrected chi connectivity index (χ0v) is 13.5. The summed E-state index contributed by atoms with van der Waals surface area (Å²) in [4.78, 5) is 0. The van der Waals surface area contributed by atoms with Crippen molar-refractivity contribution in [2.45, 2.75) is 96.9 Å². The first-order valence-corrected chi connectivity index (χ1v) is 8.77. The van der Waals surface area contributed by atoms with E-state index in [4.69, 9.17) is 5.73 Å². The van der Waals surface area contributed by atoms with Crippen molar-refractivity contribution in [3.63, 3.8) is 0 Å². The third-order valence-corrected chi connectivity index (χ3v) is 6.60. The van der Waals surface area contributed by atoms with Gasteiger partial charge in [-0.25, -0.2) is 0 Å². The third-order valence-electron chi connectivity index (χ3n) is 6.60. The molecule has 19 heavy (non-hydrogen) atoms. The fourth-order valence-electron chi connectivity index (χ4n) is 4.49. The highest BCUT2D eigenvalue weighted by Crippen LogP contribution is 2.46. The van der Waals surface area contributed by atoms with E-state index in [1.54, 1.807) is 0 Å². The summed E-state index contributed by atoms with van der Waals surface area (Å²) in [6.45, 7) is 7.25. The molecule has 2 rings (SSSR count). The average Bonchev–Trinajstić information content (AvgIpc) is 2.68. The van der Waals surface area contributed by atoms with Gasteiger partial charge in [0, 0.05) is 5.54 Å². The second-order valence-corrected chi connectivity index (χ2v) is 8.04. The van der Waals surface area contributed by atoms with E-state index in [1.165, 1.54) is 70.6 Å². The van der Waals surface area contributed by atoms with Crippen LogP contribution in [0.15, 0.2) is 0 Å². The van der Waals surface area contributed by atoms with Gasteiger partial charge in [0.25, 0.3) is 0 Å². The van der Waals surface area contributed by atoms with Gasteiger partial charge < -0.3 is 5.73 Å². The Balaban J connectivity index is 1.93. The van der Waals surface area contributed by atoms with Crippen LogP contribution in [0, 0.1) is 17.3 Å². The van der Waals surface area contributed by atoms with Crippen LogP contribution in [-0.2, 0) is 0 Å². The van der Waals surface area contributed by atoms with E-state index in [0.29, 0.717) is 5.41 Å². The van der Waals surface area contributed by atoms with Gasteiger partial charge in [-0.1, -0.05) is 52.9 Å². The van der Waals surface area contributed by atoms with Gasteiger partial charge in [-0.2, -0.15) is 0 Å². The molecule has 0 aromatic rings. The fourth-order valence-corrected chi connectivity index (χ4v) is 4.49. The van der Waals surface area contributed by atoms with Gasteiger partial charge >= 0.3 is 0 Å². The standard InChI is InChI=1S/C18H35N/c1-4-17(2,3)15-11-13-18(19,14-12-15)16-9-7-5-6-8-10-16/h15-16H,4-14,19H2,1-3H3. The van der Waals surface area contributed by atoms with Crippen molar-refractivity contribution in [1.82, 2.24) is 0 Å². The lowest BCUT2D eigenvalue weighted by molar-refractivity contribution is 0.0830. The molecule has 1 heteroatoms. The maximum Gasteiger partial charge on any atom is 0.0183 e. The highest BCUT2D eigenvalue weighted by Gasteiger charge is 2.41. The monoisotopic (exact) mass is 265 g/mol. The van der Waals surface area contributed by atoms with Gasteiger partial charge in [-0.05, 0) is 55.8 Å². The maximum atomic E-state index is 6.85. The average molecular weight is 265 g/mol. The van der Waals surface area contributed by atoms with Gasteiger partial charge in [0.1, 0.15) is 0 Å². The lowest BCUT2D eigenvalue weighted by Gasteiger charge is -2.46. The highest BCUT2D eigenvalue weighted by molar-refractivity contribution is 4.97. The molecule has 0 bridgehead atoms. The molecule has 0 atom stereocenters. The van der Waals surface area contributed by atoms with Crippen molar-refractivity contribution in [3.8, 4) is 0 Å². The molecular weight excluding hydrogens is 230 g/mol. The third kappa shape index (κ3) is 3.54. The Labute approximate surface area is 120 Å². The Bertz CT molecular complexity index is 265. The molecular formula is C18H35N. The Kier molecular flexibility index (Phi) is 4.98. The van der Waals surface area contributed by atoms with E-state index in [9.17, 15) is 0 Å². The molecule has 0 radical (unpaired) electrons. The van der Waals surface area contributed by atoms with Crippen LogP contribution in [0.3, 0.4) is 0 Å². The molecule has 0 aromatic heterocycles. The first-order chi connectivity index (χ1) is 8.98. The minimum atomic E-state index is 0.185. The van der Waals surface area contributed by atoms with Gasteiger partial charge in [-0.15, -0.1) is 0 Å². The number of nitrogens with two attached hydrogens (primary N) is 1. The predicted molar refractivity (Wildman–Crippen MR) is 84.1 cm³/mol. The lowest BCUT2D eigenvalue weighted by Crippen LogP contribution is -2.50. The molecule has 0 amide bonds. The lowest BCUT2D eigenvalue weighted by atomic mass is 9.62. The summed E-state index contributed by atoms with van der Waals surface area (Å²) < 4.78 is 0. The van der Waals surface area contributed by atoms with Crippen LogP contribution in [0.4, 0.5) is 0 Å². The van der Waals surface area contributed by atoms with Crippen LogP contribution in [0.25, 0.3) is 0 Å². The number of rotatable bonds is 3. The van der Waals surface area contributed by atoms with Crippen molar-refractivity contribution in [1.29, 1.82) is 0 Å². The number of hydrogen-bond donors (Lipinski definition) is 1. The van der Waals surface area contributed by atoms with Crippen LogP contribution < -0.4 is 5.73 Å². The molecule has 2 N–H and O–H groups in total. The van der Waals surface area contributed by atoms with E-state index < -0.39 is 0 Å². The maximum absolute atomic E-state index is 6.85. The summed E-state index contributed by atoms with van der Waals surface area (Å²) in [5.41, 5.74) is 7.55. The quantitative estimate of drug-likeness (QED) is 0.690. The van der Waals surface area contributed by atoms with Crippen LogP contribution in [0.1, 0.15) is 91.4 Å². The highest BCUT2D eigenvalue weighted by atomic mass is 14.8. The Morgan fingerprint density at radius 2 is 1.47 bits per heavy atom. The molecule has 2 fully saturated rings. The zero-order valence-electron chi connectivity index (χ0n) is 13.5. The largest absolute Gasteiger partial charge is 0.325 e. The summed E-state index contributed by atoms with van der Waals surface area (Å²) in [6, 6.07) is 0. The molecule has 0 saturated heterocycles. The zero-order chi connectivity index (χ0) is 13.9. The van der Waals surface area contributed by atoms with E-state index in [2.05, 4.69) is 20.8 Å². The van der Waals surface area contributed by atoms with Crippen LogP contribution in [0.2, 0.25) is 0 Å². The molecule has 0 aliphatic heterocycles. The van der Waals surface area contributed by atoms with Gasteiger partial charge in [0.05, 0.1) is 0 Å². The number of hydrogen-bond acceptors (Lipinski definition) is 1. The smallest absolute Gasteiger partial charge is 0.0183 e. The molecule has 0 unspecified atom stereocenters. The second-order valence-electron chi connectivity index (χ2n) is 8.04. The fraction of sp³-hybridized carbons (Fsp3) is 1.00. The van der Waals surface area contributed by atoms with E-state index in [-0.39, 0.29) is 5.54 Å². The Hall–Kier alpha value is -0.0400. The predicted octanol–water partition coefficient (Wildman–Crippen LogP) is 5.28. The second kappa shape index (κ2) is 6.16. The van der Waals surface area contributed by atoms with Crippen molar-refractivity contribution >= 4 is 0 Å². The van der Waals surface area contributed by atoms with Crippen LogP contribution in [-0.4, -0.2) is 5.54 Å². The summed E-state index contributed by atoms with van der Waals surface area (Å²) in [7, 11) is 0. The summed E-state index contributed by atoms with van der Waals surface area (Å²) in [6.07, 6.45) is 15.1. The minimum Gasteiger partial charge on any atom is -0.325 e. The normalized spacial score (nSPS) is 35.1. The molecule has 0 aromatic carbocycles. The minimum absolute atomic E-state index is 0.185. The first kappa shape index (κ1) is 15.4. The SMILES string of the molecule is CCC(C)(C)C1CCC(N)(C2CCCCCC2)CC1. The molecule has 2 saturated carbocycles. The van der Waals surface area contributed by atoms with Crippen LogP contribution >= 0.6 is 0 Å². The van der Waals surface area contributed by atoms with Crippen molar-refractivity contribution in [2.75, 3.05) is 0 Å².